The van der Waals surface area contributed by atoms with Gasteiger partial charge in [-0.05, 0) is 34.1 Å². The summed E-state index contributed by atoms with van der Waals surface area (Å²) in [5.41, 5.74) is -1.29. The Balaban J connectivity index is 4.11. The van der Waals surface area contributed by atoms with Crippen LogP contribution in [0.25, 0.3) is 0 Å². The molecule has 0 radical (unpaired) electrons. The van der Waals surface area contributed by atoms with Crippen LogP contribution in [0.15, 0.2) is 0 Å². The molecule has 0 aliphatic rings. The minimum atomic E-state index is -1.01. The molecule has 0 spiro atoms. The van der Waals surface area contributed by atoms with Crippen LogP contribution < -0.4 is 10.6 Å². The summed E-state index contributed by atoms with van der Waals surface area (Å²) in [7, 11) is 0. The molecule has 5 nitrogen and oxygen atoms in total. The zero-order chi connectivity index (χ0) is 14.4. The molecule has 0 aliphatic carbocycles. The van der Waals surface area contributed by atoms with E-state index >= 15 is 0 Å². The molecule has 0 aliphatic heterocycles. The van der Waals surface area contributed by atoms with Crippen molar-refractivity contribution < 1.29 is 9.59 Å². The van der Waals surface area contributed by atoms with E-state index in [0.717, 1.165) is 0 Å². The minimum absolute atomic E-state index is 0.113. The van der Waals surface area contributed by atoms with Crippen LogP contribution in [0.4, 0.5) is 0 Å². The summed E-state index contributed by atoms with van der Waals surface area (Å²) in [6, 6.07) is 1.99. The van der Waals surface area contributed by atoms with Crippen molar-refractivity contribution in [3.05, 3.63) is 0 Å². The standard InChI is InChI=1S/C13H23N3O2/c1-6-13(5,9-14)11(18)15-8-7-10(17)16-12(2,3)4/h6-8H2,1-5H3,(H,15,18)(H,16,17). The lowest BCUT2D eigenvalue weighted by Crippen LogP contribution is -2.43. The second-order valence-corrected chi connectivity index (χ2v) is 5.60. The van der Waals surface area contributed by atoms with Crippen molar-refractivity contribution in [1.82, 2.24) is 10.6 Å². The van der Waals surface area contributed by atoms with Gasteiger partial charge in [-0.1, -0.05) is 6.92 Å². The average Bonchev–Trinajstić information content (AvgIpc) is 2.25. The van der Waals surface area contributed by atoms with Gasteiger partial charge in [-0.15, -0.1) is 0 Å². The summed E-state index contributed by atoms with van der Waals surface area (Å²) in [6.45, 7) is 9.32. The first-order valence-corrected chi connectivity index (χ1v) is 6.15. The Labute approximate surface area is 109 Å². The first-order chi connectivity index (χ1) is 8.14. The lowest BCUT2D eigenvalue weighted by molar-refractivity contribution is -0.127. The minimum Gasteiger partial charge on any atom is -0.354 e. The Kier molecular flexibility index (Phi) is 5.83. The Bertz CT molecular complexity index is 352. The molecule has 0 aromatic rings. The highest BCUT2D eigenvalue weighted by molar-refractivity contribution is 5.85. The number of amides is 2. The highest BCUT2D eigenvalue weighted by Gasteiger charge is 2.30. The molecule has 0 aromatic heterocycles. The molecule has 18 heavy (non-hydrogen) atoms. The first-order valence-electron chi connectivity index (χ1n) is 6.15. The van der Waals surface area contributed by atoms with E-state index in [9.17, 15) is 9.59 Å². The fourth-order valence-corrected chi connectivity index (χ4v) is 1.26. The van der Waals surface area contributed by atoms with Crippen LogP contribution in [0.1, 0.15) is 47.5 Å². The normalized spacial score (nSPS) is 14.2. The van der Waals surface area contributed by atoms with E-state index < -0.39 is 5.41 Å². The number of nitrogens with zero attached hydrogens (tertiary/aromatic N) is 1. The molecular formula is C13H23N3O2. The Morgan fingerprint density at radius 3 is 2.17 bits per heavy atom. The number of carbonyl (C=O) groups excluding carboxylic acids is 2. The molecule has 102 valence electrons. The van der Waals surface area contributed by atoms with Crippen LogP contribution in [-0.4, -0.2) is 23.9 Å². The molecule has 0 fully saturated rings. The van der Waals surface area contributed by atoms with Crippen LogP contribution in [0, 0.1) is 16.7 Å². The van der Waals surface area contributed by atoms with Gasteiger partial charge in [0.15, 0.2) is 0 Å². The maximum Gasteiger partial charge on any atom is 0.240 e. The van der Waals surface area contributed by atoms with E-state index in [1.165, 1.54) is 0 Å². The van der Waals surface area contributed by atoms with Gasteiger partial charge in [0.05, 0.1) is 6.07 Å². The molecule has 1 atom stereocenters. The molecule has 1 unspecified atom stereocenters. The summed E-state index contributed by atoms with van der Waals surface area (Å²) in [6.07, 6.45) is 0.664. The molecule has 5 heteroatoms. The smallest absolute Gasteiger partial charge is 0.240 e. The molecule has 2 amide bonds. The van der Waals surface area contributed by atoms with Gasteiger partial charge in [0.2, 0.25) is 11.8 Å². The number of hydrogen-bond acceptors (Lipinski definition) is 3. The van der Waals surface area contributed by atoms with Gasteiger partial charge in [0.1, 0.15) is 5.41 Å². The van der Waals surface area contributed by atoms with Crippen molar-refractivity contribution >= 4 is 11.8 Å². The summed E-state index contributed by atoms with van der Waals surface area (Å²) in [4.78, 5) is 23.2. The van der Waals surface area contributed by atoms with Crippen LogP contribution in [0.5, 0.6) is 0 Å². The van der Waals surface area contributed by atoms with Crippen molar-refractivity contribution in [3.8, 4) is 6.07 Å². The Hall–Kier alpha value is -1.57. The third-order valence-electron chi connectivity index (χ3n) is 2.61. The van der Waals surface area contributed by atoms with Crippen molar-refractivity contribution in [3.63, 3.8) is 0 Å². The van der Waals surface area contributed by atoms with Gasteiger partial charge in [0.25, 0.3) is 0 Å². The molecule has 0 saturated heterocycles. The van der Waals surface area contributed by atoms with Gasteiger partial charge < -0.3 is 10.6 Å². The summed E-state index contributed by atoms with van der Waals surface area (Å²) in [5, 5.41) is 14.4. The van der Waals surface area contributed by atoms with Gasteiger partial charge in [-0.25, -0.2) is 0 Å². The zero-order valence-corrected chi connectivity index (χ0v) is 11.9. The van der Waals surface area contributed by atoms with E-state index in [2.05, 4.69) is 10.6 Å². The SMILES string of the molecule is CCC(C)(C#N)C(=O)NCCC(=O)NC(C)(C)C. The monoisotopic (exact) mass is 253 g/mol. The molecule has 0 aromatic carbocycles. The molecule has 0 rings (SSSR count). The Morgan fingerprint density at radius 1 is 1.22 bits per heavy atom. The van der Waals surface area contributed by atoms with Crippen molar-refractivity contribution in [2.24, 2.45) is 5.41 Å². The van der Waals surface area contributed by atoms with Gasteiger partial charge in [-0.3, -0.25) is 9.59 Å². The maximum absolute atomic E-state index is 11.7. The molecule has 0 bridgehead atoms. The first kappa shape index (κ1) is 16.4. The van der Waals surface area contributed by atoms with Crippen molar-refractivity contribution in [1.29, 1.82) is 5.26 Å². The average molecular weight is 253 g/mol. The Morgan fingerprint density at radius 2 is 1.78 bits per heavy atom. The van der Waals surface area contributed by atoms with Gasteiger partial charge >= 0.3 is 0 Å². The molecule has 2 N–H and O–H groups in total. The summed E-state index contributed by atoms with van der Waals surface area (Å²) >= 11 is 0. The highest BCUT2D eigenvalue weighted by Crippen LogP contribution is 2.19. The third-order valence-corrected chi connectivity index (χ3v) is 2.61. The lowest BCUT2D eigenvalue weighted by Gasteiger charge is -2.21. The van der Waals surface area contributed by atoms with E-state index in [1.54, 1.807) is 13.8 Å². The zero-order valence-electron chi connectivity index (χ0n) is 11.9. The predicted molar refractivity (Wildman–Crippen MR) is 69.5 cm³/mol. The van der Waals surface area contributed by atoms with Crippen LogP contribution in [0.3, 0.4) is 0 Å². The van der Waals surface area contributed by atoms with Crippen LogP contribution in [-0.2, 0) is 9.59 Å². The van der Waals surface area contributed by atoms with Crippen LogP contribution >= 0.6 is 0 Å². The second-order valence-electron chi connectivity index (χ2n) is 5.60. The topological polar surface area (TPSA) is 82.0 Å². The van der Waals surface area contributed by atoms with E-state index in [-0.39, 0.29) is 30.3 Å². The van der Waals surface area contributed by atoms with E-state index in [0.29, 0.717) is 6.42 Å². The number of nitriles is 1. The number of hydrogen-bond donors (Lipinski definition) is 2. The number of rotatable bonds is 5. The van der Waals surface area contributed by atoms with Gasteiger partial charge in [-0.2, -0.15) is 5.26 Å². The molecule has 0 saturated carbocycles. The largest absolute Gasteiger partial charge is 0.354 e. The second kappa shape index (κ2) is 6.39. The fourth-order valence-electron chi connectivity index (χ4n) is 1.26. The number of carbonyl (C=O) groups is 2. The lowest BCUT2D eigenvalue weighted by atomic mass is 9.88. The van der Waals surface area contributed by atoms with Crippen LogP contribution in [0.2, 0.25) is 0 Å². The van der Waals surface area contributed by atoms with E-state index in [1.807, 2.05) is 26.8 Å². The molecule has 0 heterocycles. The third kappa shape index (κ3) is 5.67. The molecular weight excluding hydrogens is 230 g/mol. The quantitative estimate of drug-likeness (QED) is 0.776. The highest BCUT2D eigenvalue weighted by atomic mass is 16.2. The summed E-state index contributed by atoms with van der Waals surface area (Å²) in [5.74, 6) is -0.436. The van der Waals surface area contributed by atoms with Gasteiger partial charge in [0, 0.05) is 18.5 Å². The van der Waals surface area contributed by atoms with Crippen molar-refractivity contribution in [2.75, 3.05) is 6.54 Å². The van der Waals surface area contributed by atoms with Crippen molar-refractivity contribution in [2.45, 2.75) is 53.0 Å². The maximum atomic E-state index is 11.7. The predicted octanol–water partition coefficient (Wildman–Crippen LogP) is 1.35. The number of nitrogens with one attached hydrogen (secondary N) is 2. The summed E-state index contributed by atoms with van der Waals surface area (Å²) < 4.78 is 0. The van der Waals surface area contributed by atoms with E-state index in [4.69, 9.17) is 5.26 Å². The fraction of sp³-hybridized carbons (Fsp3) is 0.769.